The van der Waals surface area contributed by atoms with Gasteiger partial charge in [0.25, 0.3) is 0 Å². The number of rotatable bonds is 6. The van der Waals surface area contributed by atoms with Gasteiger partial charge in [0.15, 0.2) is 0 Å². The maximum absolute atomic E-state index is 6.19. The molecular formula is C16H27N3O. The molecule has 4 heteroatoms. The molecule has 1 aromatic heterocycles. The van der Waals surface area contributed by atoms with Crippen LogP contribution < -0.4 is 10.1 Å². The standard InChI is InChI=1S/C16H27N3O/c1-13(2)10-18-12-14-11-17-7-4-16(14)20-15-5-8-19(3)9-6-15/h4,7,11,13,15,18H,5-6,8-10,12H2,1-3H3. The average Bonchev–Trinajstić information content (AvgIpc) is 2.43. The minimum Gasteiger partial charge on any atom is -0.490 e. The highest BCUT2D eigenvalue weighted by molar-refractivity contribution is 5.30. The lowest BCUT2D eigenvalue weighted by atomic mass is 10.1. The van der Waals surface area contributed by atoms with E-state index in [1.54, 1.807) is 0 Å². The fraction of sp³-hybridized carbons (Fsp3) is 0.688. The number of nitrogens with one attached hydrogen (secondary N) is 1. The van der Waals surface area contributed by atoms with E-state index in [9.17, 15) is 0 Å². The average molecular weight is 277 g/mol. The number of piperidine rings is 1. The zero-order valence-corrected chi connectivity index (χ0v) is 12.9. The van der Waals surface area contributed by atoms with Crippen LogP contribution >= 0.6 is 0 Å². The van der Waals surface area contributed by atoms with Crippen molar-refractivity contribution in [3.63, 3.8) is 0 Å². The van der Waals surface area contributed by atoms with E-state index >= 15 is 0 Å². The summed E-state index contributed by atoms with van der Waals surface area (Å²) in [5, 5.41) is 3.46. The summed E-state index contributed by atoms with van der Waals surface area (Å²) < 4.78 is 6.19. The van der Waals surface area contributed by atoms with E-state index in [0.29, 0.717) is 12.0 Å². The van der Waals surface area contributed by atoms with Crippen molar-refractivity contribution in [3.05, 3.63) is 24.0 Å². The second-order valence-electron chi connectivity index (χ2n) is 6.13. The van der Waals surface area contributed by atoms with Gasteiger partial charge in [0, 0.05) is 37.6 Å². The minimum absolute atomic E-state index is 0.345. The molecule has 1 aliphatic heterocycles. The lowest BCUT2D eigenvalue weighted by molar-refractivity contribution is 0.113. The second kappa shape index (κ2) is 7.60. The van der Waals surface area contributed by atoms with Gasteiger partial charge < -0.3 is 15.0 Å². The molecule has 1 saturated heterocycles. The van der Waals surface area contributed by atoms with Crippen LogP contribution in [0.4, 0.5) is 0 Å². The maximum Gasteiger partial charge on any atom is 0.127 e. The molecule has 0 radical (unpaired) electrons. The molecule has 1 aliphatic rings. The first-order valence-electron chi connectivity index (χ1n) is 7.64. The van der Waals surface area contributed by atoms with Gasteiger partial charge in [-0.1, -0.05) is 13.8 Å². The van der Waals surface area contributed by atoms with Gasteiger partial charge in [0.05, 0.1) is 0 Å². The van der Waals surface area contributed by atoms with E-state index in [2.05, 4.69) is 36.1 Å². The lowest BCUT2D eigenvalue weighted by Gasteiger charge is -2.29. The molecule has 0 saturated carbocycles. The summed E-state index contributed by atoms with van der Waals surface area (Å²) in [5.74, 6) is 1.65. The largest absolute Gasteiger partial charge is 0.490 e. The van der Waals surface area contributed by atoms with E-state index < -0.39 is 0 Å². The Morgan fingerprint density at radius 2 is 2.15 bits per heavy atom. The smallest absolute Gasteiger partial charge is 0.127 e. The molecule has 0 aliphatic carbocycles. The van der Waals surface area contributed by atoms with Crippen LogP contribution in [0.15, 0.2) is 18.5 Å². The number of likely N-dealkylation sites (tertiary alicyclic amines) is 1. The molecule has 0 bridgehead atoms. The van der Waals surface area contributed by atoms with Crippen molar-refractivity contribution in [3.8, 4) is 5.75 Å². The van der Waals surface area contributed by atoms with Gasteiger partial charge in [0.1, 0.15) is 11.9 Å². The summed E-state index contributed by atoms with van der Waals surface area (Å²) >= 11 is 0. The SMILES string of the molecule is CC(C)CNCc1cnccc1OC1CCN(C)CC1. The molecule has 112 valence electrons. The minimum atomic E-state index is 0.345. The van der Waals surface area contributed by atoms with Crippen molar-refractivity contribution in [2.45, 2.75) is 39.3 Å². The summed E-state index contributed by atoms with van der Waals surface area (Å²) in [7, 11) is 2.17. The highest BCUT2D eigenvalue weighted by Crippen LogP contribution is 2.22. The summed E-state index contributed by atoms with van der Waals surface area (Å²) in [6, 6.07) is 1.99. The van der Waals surface area contributed by atoms with Crippen LogP contribution in [0.3, 0.4) is 0 Å². The molecule has 0 aromatic carbocycles. The fourth-order valence-corrected chi connectivity index (χ4v) is 2.44. The third-order valence-electron chi connectivity index (χ3n) is 3.69. The summed E-state index contributed by atoms with van der Waals surface area (Å²) in [6.07, 6.45) is 6.29. The summed E-state index contributed by atoms with van der Waals surface area (Å²) in [5.41, 5.74) is 1.16. The Balaban J connectivity index is 1.90. The van der Waals surface area contributed by atoms with Crippen LogP contribution in [-0.4, -0.2) is 42.7 Å². The molecule has 2 rings (SSSR count). The maximum atomic E-state index is 6.19. The van der Waals surface area contributed by atoms with Crippen molar-refractivity contribution in [1.82, 2.24) is 15.2 Å². The van der Waals surface area contributed by atoms with Gasteiger partial charge >= 0.3 is 0 Å². The highest BCUT2D eigenvalue weighted by Gasteiger charge is 2.19. The Hall–Kier alpha value is -1.13. The third kappa shape index (κ3) is 4.76. The van der Waals surface area contributed by atoms with Crippen molar-refractivity contribution >= 4 is 0 Å². The van der Waals surface area contributed by atoms with E-state index in [1.807, 2.05) is 18.5 Å². The molecule has 1 N–H and O–H groups in total. The quantitative estimate of drug-likeness (QED) is 0.866. The van der Waals surface area contributed by atoms with E-state index in [-0.39, 0.29) is 0 Å². The van der Waals surface area contributed by atoms with Crippen LogP contribution in [-0.2, 0) is 6.54 Å². The Labute approximate surface area is 122 Å². The zero-order chi connectivity index (χ0) is 14.4. The number of pyridine rings is 1. The summed E-state index contributed by atoms with van der Waals surface area (Å²) in [4.78, 5) is 6.58. The Bertz CT molecular complexity index is 400. The first kappa shape index (κ1) is 15.3. The number of nitrogens with zero attached hydrogens (tertiary/aromatic N) is 2. The topological polar surface area (TPSA) is 37.4 Å². The molecule has 1 fully saturated rings. The summed E-state index contributed by atoms with van der Waals surface area (Å²) in [6.45, 7) is 8.52. The Morgan fingerprint density at radius 1 is 1.40 bits per heavy atom. The van der Waals surface area contributed by atoms with Gasteiger partial charge in [-0.25, -0.2) is 0 Å². The van der Waals surface area contributed by atoms with Crippen LogP contribution in [0.5, 0.6) is 5.75 Å². The van der Waals surface area contributed by atoms with Crippen molar-refractivity contribution in [2.75, 3.05) is 26.7 Å². The monoisotopic (exact) mass is 277 g/mol. The number of hydrogen-bond donors (Lipinski definition) is 1. The normalized spacial score (nSPS) is 17.6. The van der Waals surface area contributed by atoms with Gasteiger partial charge in [0.2, 0.25) is 0 Å². The van der Waals surface area contributed by atoms with E-state index in [1.165, 1.54) is 0 Å². The van der Waals surface area contributed by atoms with Gasteiger partial charge in [-0.2, -0.15) is 0 Å². The first-order valence-corrected chi connectivity index (χ1v) is 7.64. The molecule has 20 heavy (non-hydrogen) atoms. The third-order valence-corrected chi connectivity index (χ3v) is 3.69. The lowest BCUT2D eigenvalue weighted by Crippen LogP contribution is -2.35. The van der Waals surface area contributed by atoms with Crippen molar-refractivity contribution < 1.29 is 4.74 Å². The number of aromatic nitrogens is 1. The molecule has 0 amide bonds. The molecule has 0 atom stereocenters. The van der Waals surface area contributed by atoms with Crippen LogP contribution in [0.1, 0.15) is 32.3 Å². The fourth-order valence-electron chi connectivity index (χ4n) is 2.44. The van der Waals surface area contributed by atoms with E-state index in [4.69, 9.17) is 4.74 Å². The van der Waals surface area contributed by atoms with Crippen LogP contribution in [0.2, 0.25) is 0 Å². The van der Waals surface area contributed by atoms with Crippen molar-refractivity contribution in [2.24, 2.45) is 5.92 Å². The molecular weight excluding hydrogens is 250 g/mol. The van der Waals surface area contributed by atoms with E-state index in [0.717, 1.165) is 50.3 Å². The molecule has 4 nitrogen and oxygen atoms in total. The van der Waals surface area contributed by atoms with Gasteiger partial charge in [-0.15, -0.1) is 0 Å². The van der Waals surface area contributed by atoms with Crippen LogP contribution in [0, 0.1) is 5.92 Å². The molecule has 0 unspecified atom stereocenters. The highest BCUT2D eigenvalue weighted by atomic mass is 16.5. The Morgan fingerprint density at radius 3 is 2.85 bits per heavy atom. The second-order valence-corrected chi connectivity index (χ2v) is 6.13. The van der Waals surface area contributed by atoms with Crippen LogP contribution in [0.25, 0.3) is 0 Å². The predicted octanol–water partition coefficient (Wildman–Crippen LogP) is 2.30. The first-order chi connectivity index (χ1) is 9.65. The van der Waals surface area contributed by atoms with Gasteiger partial charge in [-0.05, 0) is 38.4 Å². The number of hydrogen-bond acceptors (Lipinski definition) is 4. The van der Waals surface area contributed by atoms with Gasteiger partial charge in [-0.3, -0.25) is 4.98 Å². The Kier molecular flexibility index (Phi) is 5.80. The number of ether oxygens (including phenoxy) is 1. The zero-order valence-electron chi connectivity index (χ0n) is 12.9. The molecule has 1 aromatic rings. The molecule has 2 heterocycles. The predicted molar refractivity (Wildman–Crippen MR) is 81.9 cm³/mol. The molecule has 0 spiro atoms. The van der Waals surface area contributed by atoms with Crippen molar-refractivity contribution in [1.29, 1.82) is 0 Å².